The quantitative estimate of drug-likeness (QED) is 0.414. The molecular formula is C10H12N3O2+. The Morgan fingerprint density at radius 2 is 2.27 bits per heavy atom. The lowest BCUT2D eigenvalue weighted by molar-refractivity contribution is -0.414. The number of anilines is 1. The second kappa shape index (κ2) is 4.08. The monoisotopic (exact) mass is 206 g/mol. The molecule has 1 aliphatic rings. The van der Waals surface area contributed by atoms with Crippen LogP contribution in [0.3, 0.4) is 0 Å². The summed E-state index contributed by atoms with van der Waals surface area (Å²) in [5, 5.41) is 10.4. The SMILES string of the molecule is O=[N+]([O-])c1ccc(N2CC=CCC2)[nH+]c1. The van der Waals surface area contributed by atoms with Gasteiger partial charge in [-0.2, -0.15) is 0 Å². The van der Waals surface area contributed by atoms with Crippen LogP contribution in [0, 0.1) is 10.1 Å². The van der Waals surface area contributed by atoms with Gasteiger partial charge in [0.05, 0.1) is 11.5 Å². The third kappa shape index (κ3) is 2.12. The molecule has 0 aromatic carbocycles. The number of hydrogen-bond acceptors (Lipinski definition) is 3. The molecule has 0 aliphatic carbocycles. The molecule has 1 aliphatic heterocycles. The summed E-state index contributed by atoms with van der Waals surface area (Å²) in [4.78, 5) is 15.1. The van der Waals surface area contributed by atoms with Crippen LogP contribution in [0.1, 0.15) is 6.42 Å². The zero-order valence-corrected chi connectivity index (χ0v) is 8.22. The van der Waals surface area contributed by atoms with E-state index in [1.807, 2.05) is 0 Å². The molecule has 1 aromatic rings. The minimum atomic E-state index is -0.406. The van der Waals surface area contributed by atoms with Gasteiger partial charge in [-0.25, -0.2) is 4.98 Å². The molecule has 1 N–H and O–H groups in total. The van der Waals surface area contributed by atoms with Gasteiger partial charge in [-0.05, 0) is 6.08 Å². The van der Waals surface area contributed by atoms with Gasteiger partial charge in [0.25, 0.3) is 5.82 Å². The number of nitro groups is 1. The van der Waals surface area contributed by atoms with Gasteiger partial charge in [0, 0.05) is 18.6 Å². The molecule has 0 spiro atoms. The van der Waals surface area contributed by atoms with Gasteiger partial charge in [-0.1, -0.05) is 6.08 Å². The van der Waals surface area contributed by atoms with Crippen LogP contribution in [0.15, 0.2) is 30.5 Å². The third-order valence-corrected chi connectivity index (χ3v) is 2.39. The van der Waals surface area contributed by atoms with Gasteiger partial charge >= 0.3 is 5.69 Å². The van der Waals surface area contributed by atoms with Crippen molar-refractivity contribution in [2.24, 2.45) is 0 Å². The Balaban J connectivity index is 2.16. The molecule has 0 amide bonds. The lowest BCUT2D eigenvalue weighted by Gasteiger charge is -2.16. The highest BCUT2D eigenvalue weighted by molar-refractivity contribution is 5.38. The maximum Gasteiger partial charge on any atom is 0.308 e. The Labute approximate surface area is 87.2 Å². The van der Waals surface area contributed by atoms with E-state index in [4.69, 9.17) is 0 Å². The molecule has 2 heterocycles. The van der Waals surface area contributed by atoms with Crippen LogP contribution in [-0.4, -0.2) is 18.0 Å². The molecular weight excluding hydrogens is 194 g/mol. The Morgan fingerprint density at radius 1 is 1.40 bits per heavy atom. The molecule has 1 aromatic heterocycles. The summed E-state index contributed by atoms with van der Waals surface area (Å²) in [5.41, 5.74) is 0.0892. The average molecular weight is 206 g/mol. The van der Waals surface area contributed by atoms with Crippen molar-refractivity contribution in [1.82, 2.24) is 0 Å². The zero-order chi connectivity index (χ0) is 10.7. The van der Waals surface area contributed by atoms with Crippen LogP contribution in [0.2, 0.25) is 0 Å². The van der Waals surface area contributed by atoms with Crippen LogP contribution >= 0.6 is 0 Å². The van der Waals surface area contributed by atoms with E-state index in [1.165, 1.54) is 12.3 Å². The standard InChI is InChI=1S/C10H11N3O2/c14-13(15)9-4-5-10(11-8-9)12-6-2-1-3-7-12/h1-2,4-5,8H,3,6-7H2/p+1. The summed E-state index contributed by atoms with van der Waals surface area (Å²) in [5.74, 6) is 0.921. The van der Waals surface area contributed by atoms with Crippen molar-refractivity contribution in [2.45, 2.75) is 6.42 Å². The molecule has 5 heteroatoms. The second-order valence-corrected chi connectivity index (χ2v) is 3.40. The predicted octanol–water partition coefficient (Wildman–Crippen LogP) is 1.18. The number of aromatic nitrogens is 1. The van der Waals surface area contributed by atoms with E-state index in [9.17, 15) is 10.1 Å². The fourth-order valence-electron chi connectivity index (χ4n) is 1.58. The van der Waals surface area contributed by atoms with E-state index in [0.717, 1.165) is 25.3 Å². The minimum absolute atomic E-state index is 0.0892. The van der Waals surface area contributed by atoms with Crippen LogP contribution < -0.4 is 9.88 Å². The summed E-state index contributed by atoms with van der Waals surface area (Å²) in [6, 6.07) is 3.27. The summed E-state index contributed by atoms with van der Waals surface area (Å²) < 4.78 is 0. The largest absolute Gasteiger partial charge is 0.308 e. The molecule has 0 atom stereocenters. The normalized spacial score (nSPS) is 15.3. The van der Waals surface area contributed by atoms with Crippen LogP contribution in [0.5, 0.6) is 0 Å². The number of nitrogens with one attached hydrogen (secondary N) is 1. The number of H-pyrrole nitrogens is 1. The Bertz CT molecular complexity index is 386. The van der Waals surface area contributed by atoms with Gasteiger partial charge in [-0.3, -0.25) is 15.0 Å². The van der Waals surface area contributed by atoms with Gasteiger partial charge in [0.1, 0.15) is 6.54 Å². The van der Waals surface area contributed by atoms with Gasteiger partial charge < -0.3 is 0 Å². The number of nitrogens with zero attached hydrogens (tertiary/aromatic N) is 2. The maximum atomic E-state index is 10.4. The Morgan fingerprint density at radius 3 is 2.80 bits per heavy atom. The zero-order valence-electron chi connectivity index (χ0n) is 8.22. The fourth-order valence-corrected chi connectivity index (χ4v) is 1.58. The highest BCUT2D eigenvalue weighted by Gasteiger charge is 2.17. The number of hydrogen-bond donors (Lipinski definition) is 0. The highest BCUT2D eigenvalue weighted by atomic mass is 16.6. The van der Waals surface area contributed by atoms with E-state index in [0.29, 0.717) is 0 Å². The smallest absolute Gasteiger partial charge is 0.258 e. The molecule has 0 unspecified atom stereocenters. The first-order chi connectivity index (χ1) is 7.27. The van der Waals surface area contributed by atoms with Crippen LogP contribution in [0.4, 0.5) is 11.5 Å². The van der Waals surface area contributed by atoms with Crippen molar-refractivity contribution in [3.05, 3.63) is 40.6 Å². The van der Waals surface area contributed by atoms with E-state index >= 15 is 0 Å². The van der Waals surface area contributed by atoms with E-state index in [2.05, 4.69) is 22.0 Å². The molecule has 78 valence electrons. The highest BCUT2D eigenvalue weighted by Crippen LogP contribution is 2.14. The lowest BCUT2D eigenvalue weighted by Crippen LogP contribution is -2.31. The fraction of sp³-hybridized carbons (Fsp3) is 0.300. The predicted molar refractivity (Wildman–Crippen MR) is 55.6 cm³/mol. The van der Waals surface area contributed by atoms with Gasteiger partial charge in [0.2, 0.25) is 0 Å². The minimum Gasteiger partial charge on any atom is -0.258 e. The van der Waals surface area contributed by atoms with Crippen LogP contribution in [0.25, 0.3) is 0 Å². The Kier molecular flexibility index (Phi) is 2.62. The summed E-state index contributed by atoms with van der Waals surface area (Å²) >= 11 is 0. The van der Waals surface area contributed by atoms with Gasteiger partial charge in [-0.15, -0.1) is 0 Å². The molecule has 5 nitrogen and oxygen atoms in total. The number of pyridine rings is 1. The van der Waals surface area contributed by atoms with Crippen molar-refractivity contribution in [3.8, 4) is 0 Å². The molecule has 0 bridgehead atoms. The van der Waals surface area contributed by atoms with Crippen molar-refractivity contribution in [3.63, 3.8) is 0 Å². The maximum absolute atomic E-state index is 10.4. The van der Waals surface area contributed by atoms with Crippen molar-refractivity contribution >= 4 is 11.5 Å². The molecule has 0 radical (unpaired) electrons. The number of aromatic amines is 1. The lowest BCUT2D eigenvalue weighted by atomic mass is 10.2. The second-order valence-electron chi connectivity index (χ2n) is 3.40. The Hall–Kier alpha value is -1.91. The van der Waals surface area contributed by atoms with E-state index in [1.54, 1.807) is 6.07 Å². The summed E-state index contributed by atoms with van der Waals surface area (Å²) in [6.07, 6.45) is 6.68. The number of rotatable bonds is 2. The average Bonchev–Trinajstić information content (AvgIpc) is 2.30. The molecule has 0 fully saturated rings. The molecule has 2 rings (SSSR count). The van der Waals surface area contributed by atoms with Crippen molar-refractivity contribution < 1.29 is 9.91 Å². The van der Waals surface area contributed by atoms with Gasteiger partial charge in [0.15, 0.2) is 6.20 Å². The first-order valence-corrected chi connectivity index (χ1v) is 4.83. The van der Waals surface area contributed by atoms with Crippen LogP contribution in [-0.2, 0) is 0 Å². The van der Waals surface area contributed by atoms with Crippen molar-refractivity contribution in [1.29, 1.82) is 0 Å². The summed E-state index contributed by atoms with van der Waals surface area (Å²) in [6.45, 7) is 1.80. The molecule has 0 saturated carbocycles. The molecule has 15 heavy (non-hydrogen) atoms. The first kappa shape index (κ1) is 9.64. The first-order valence-electron chi connectivity index (χ1n) is 4.83. The topological polar surface area (TPSA) is 60.5 Å². The molecule has 0 saturated heterocycles. The van der Waals surface area contributed by atoms with Crippen molar-refractivity contribution in [2.75, 3.05) is 18.0 Å². The van der Waals surface area contributed by atoms with E-state index < -0.39 is 4.92 Å². The third-order valence-electron chi connectivity index (χ3n) is 2.39. The van der Waals surface area contributed by atoms with E-state index in [-0.39, 0.29) is 5.69 Å². The summed E-state index contributed by atoms with van der Waals surface area (Å²) in [7, 11) is 0.